The van der Waals surface area contributed by atoms with Gasteiger partial charge in [-0.25, -0.2) is 0 Å². The Kier molecular flexibility index (Phi) is 16.9. The molecule has 6 heteroatoms. The smallest absolute Gasteiger partial charge is 0.297 e. The highest BCUT2D eigenvalue weighted by molar-refractivity contribution is 5.93. The fraction of sp³-hybridized carbons (Fsp3) is 0.806. The zero-order chi connectivity index (χ0) is 31.0. The van der Waals surface area contributed by atoms with Gasteiger partial charge in [-0.2, -0.15) is 0 Å². The van der Waals surface area contributed by atoms with E-state index in [4.69, 9.17) is 19.9 Å². The molecule has 0 aromatic carbocycles. The predicted molar refractivity (Wildman–Crippen MR) is 174 cm³/mol. The van der Waals surface area contributed by atoms with Crippen LogP contribution in [0.1, 0.15) is 105 Å². The van der Waals surface area contributed by atoms with Gasteiger partial charge < -0.3 is 25.3 Å². The summed E-state index contributed by atoms with van der Waals surface area (Å²) < 4.78 is 16.5. The molecular weight excluding hydrogens is 524 g/mol. The number of allylic oxidation sites excluding steroid dienone is 3. The van der Waals surface area contributed by atoms with Crippen molar-refractivity contribution in [3.8, 4) is 12.0 Å². The Hall–Kier alpha value is -1.81. The Balaban J connectivity index is 0.000000476. The molecule has 0 bridgehead atoms. The predicted octanol–water partition coefficient (Wildman–Crippen LogP) is 7.04. The van der Waals surface area contributed by atoms with Crippen molar-refractivity contribution in [1.29, 1.82) is 0 Å². The molecule has 6 nitrogen and oxygen atoms in total. The van der Waals surface area contributed by atoms with E-state index in [9.17, 15) is 4.79 Å². The number of carbonyl (C=O) groups is 1. The van der Waals surface area contributed by atoms with Gasteiger partial charge in [-0.3, -0.25) is 4.79 Å². The number of nitrogens with two attached hydrogens (primary N) is 1. The Morgan fingerprint density at radius 1 is 1.12 bits per heavy atom. The van der Waals surface area contributed by atoms with Crippen LogP contribution in [0.4, 0.5) is 0 Å². The van der Waals surface area contributed by atoms with Crippen molar-refractivity contribution in [1.82, 2.24) is 5.32 Å². The average Bonchev–Trinajstić information content (AvgIpc) is 3.50. The van der Waals surface area contributed by atoms with Crippen LogP contribution in [-0.4, -0.2) is 53.1 Å². The Labute approximate surface area is 258 Å². The molecule has 6 unspecified atom stereocenters. The lowest BCUT2D eigenvalue weighted by Gasteiger charge is -2.34. The molecule has 42 heavy (non-hydrogen) atoms. The van der Waals surface area contributed by atoms with Crippen LogP contribution in [0.2, 0.25) is 0 Å². The number of methoxy groups -OCH3 is 2. The minimum Gasteiger partial charge on any atom is -0.385 e. The molecule has 6 atom stereocenters. The van der Waals surface area contributed by atoms with Gasteiger partial charge in [0.15, 0.2) is 0 Å². The van der Waals surface area contributed by atoms with Gasteiger partial charge in [-0.05, 0) is 81.5 Å². The van der Waals surface area contributed by atoms with Crippen LogP contribution in [0, 0.1) is 47.0 Å². The maximum atomic E-state index is 10.6. The number of unbranched alkanes of at least 4 members (excludes halogenated alkanes) is 1. The molecule has 1 saturated carbocycles. The van der Waals surface area contributed by atoms with E-state index in [2.05, 4.69) is 51.9 Å². The summed E-state index contributed by atoms with van der Waals surface area (Å²) in [5.74, 6) is 5.42. The van der Waals surface area contributed by atoms with Crippen molar-refractivity contribution >= 4 is 5.91 Å². The molecule has 3 N–H and O–H groups in total. The highest BCUT2D eigenvalue weighted by Gasteiger charge is 2.42. The van der Waals surface area contributed by atoms with Gasteiger partial charge in [-0.15, -0.1) is 0 Å². The highest BCUT2D eigenvalue weighted by Crippen LogP contribution is 2.54. The first-order valence-corrected chi connectivity index (χ1v) is 16.7. The van der Waals surface area contributed by atoms with E-state index in [1.165, 1.54) is 64.2 Å². The zero-order valence-corrected chi connectivity index (χ0v) is 28.0. The molecule has 0 spiro atoms. The van der Waals surface area contributed by atoms with Crippen molar-refractivity contribution in [2.75, 3.05) is 47.2 Å². The van der Waals surface area contributed by atoms with Crippen LogP contribution >= 0.6 is 0 Å². The third-order valence-electron chi connectivity index (χ3n) is 9.85. The molecule has 240 valence electrons. The standard InChI is InChI=1S/C29H50O2.C7H12N2O2/c1-7-8-9-21(2)19-31-17-15-23(4)26-14-16-29(5)18-27-24(20-30-6)11-12-25(27)22(3)10-13-28(26)29;1-11-6-2-5-9-7(10)3-4-8/h18,21-25H,7-17,19-20H2,1-6H3;2,5-6,8H2,1H3,(H,9,10)/b27-18-;. The van der Waals surface area contributed by atoms with Crippen LogP contribution in [0.25, 0.3) is 0 Å². The number of hydrogen-bond acceptors (Lipinski definition) is 5. The Morgan fingerprint density at radius 3 is 2.60 bits per heavy atom. The van der Waals surface area contributed by atoms with Gasteiger partial charge in [0.25, 0.3) is 5.91 Å². The summed E-state index contributed by atoms with van der Waals surface area (Å²) in [6.07, 6.45) is 16.6. The van der Waals surface area contributed by atoms with E-state index in [1.807, 2.05) is 13.2 Å². The summed E-state index contributed by atoms with van der Waals surface area (Å²) in [6, 6.07) is 2.02. The van der Waals surface area contributed by atoms with Gasteiger partial charge in [0, 0.05) is 63.9 Å². The van der Waals surface area contributed by atoms with E-state index in [-0.39, 0.29) is 11.3 Å². The van der Waals surface area contributed by atoms with Gasteiger partial charge in [0.05, 0.1) is 6.61 Å². The number of hydrogen-bond donors (Lipinski definition) is 2. The van der Waals surface area contributed by atoms with Crippen molar-refractivity contribution in [3.63, 3.8) is 0 Å². The highest BCUT2D eigenvalue weighted by atomic mass is 16.5. The average molecular weight is 587 g/mol. The van der Waals surface area contributed by atoms with Gasteiger partial charge in [0.1, 0.15) is 0 Å². The second-order valence-corrected chi connectivity index (χ2v) is 13.3. The van der Waals surface area contributed by atoms with Crippen LogP contribution in [0.5, 0.6) is 0 Å². The maximum absolute atomic E-state index is 10.6. The molecule has 0 aliphatic heterocycles. The first kappa shape index (κ1) is 36.4. The Bertz CT molecular complexity index is 932. The molecule has 3 aliphatic carbocycles. The van der Waals surface area contributed by atoms with Gasteiger partial charge in [-0.1, -0.05) is 70.3 Å². The molecule has 3 rings (SSSR count). The van der Waals surface area contributed by atoms with E-state index >= 15 is 0 Å². The Morgan fingerprint density at radius 2 is 1.90 bits per heavy atom. The van der Waals surface area contributed by atoms with Gasteiger partial charge in [0.2, 0.25) is 0 Å². The van der Waals surface area contributed by atoms with Crippen molar-refractivity contribution in [2.24, 2.45) is 40.7 Å². The van der Waals surface area contributed by atoms with Crippen LogP contribution < -0.4 is 11.1 Å². The molecular formula is C36H62N2O4. The SMILES string of the molecule is CCCCC(C)COCCC(C)C1=C2CCC(C)C3CCC(COC)/C3=C/C2(C)CC1.COCCCNC(=O)C#CN. The molecule has 0 aromatic rings. The molecule has 1 amide bonds. The van der Waals surface area contributed by atoms with E-state index in [0.717, 1.165) is 38.1 Å². The van der Waals surface area contributed by atoms with Crippen molar-refractivity contribution in [3.05, 3.63) is 22.8 Å². The number of fused-ring (bicyclic) bond motifs is 2. The summed E-state index contributed by atoms with van der Waals surface area (Å²) in [5.41, 5.74) is 10.4. The fourth-order valence-corrected chi connectivity index (χ4v) is 7.27. The quantitative estimate of drug-likeness (QED) is 0.0931. The number of rotatable bonds is 15. The summed E-state index contributed by atoms with van der Waals surface area (Å²) in [4.78, 5) is 10.6. The third-order valence-corrected chi connectivity index (χ3v) is 9.85. The number of carbonyl (C=O) groups excluding carboxylic acids is 1. The lowest BCUT2D eigenvalue weighted by Crippen LogP contribution is -2.23. The molecule has 0 heterocycles. The molecule has 0 radical (unpaired) electrons. The topological polar surface area (TPSA) is 82.8 Å². The lowest BCUT2D eigenvalue weighted by atomic mass is 9.71. The normalized spacial score (nSPS) is 27.6. The first-order valence-electron chi connectivity index (χ1n) is 16.7. The number of amides is 1. The minimum atomic E-state index is -0.344. The molecule has 1 fully saturated rings. The molecule has 3 aliphatic rings. The summed E-state index contributed by atoms with van der Waals surface area (Å²) in [6.45, 7) is 16.1. The molecule has 0 aromatic heterocycles. The lowest BCUT2D eigenvalue weighted by molar-refractivity contribution is -0.115. The van der Waals surface area contributed by atoms with Crippen LogP contribution in [-0.2, 0) is 19.0 Å². The van der Waals surface area contributed by atoms with E-state index in [1.54, 1.807) is 23.8 Å². The number of ether oxygens (including phenoxy) is 3. The number of nitrogens with one attached hydrogen (secondary N) is 1. The maximum Gasteiger partial charge on any atom is 0.297 e. The minimum absolute atomic E-state index is 0.281. The monoisotopic (exact) mass is 586 g/mol. The second-order valence-electron chi connectivity index (χ2n) is 13.3. The summed E-state index contributed by atoms with van der Waals surface area (Å²) in [7, 11) is 3.48. The summed E-state index contributed by atoms with van der Waals surface area (Å²) in [5, 5.41) is 2.55. The second kappa shape index (κ2) is 19.5. The zero-order valence-electron chi connectivity index (χ0n) is 28.0. The van der Waals surface area contributed by atoms with Crippen LogP contribution in [0.3, 0.4) is 0 Å². The fourth-order valence-electron chi connectivity index (χ4n) is 7.27. The van der Waals surface area contributed by atoms with Crippen LogP contribution in [0.15, 0.2) is 22.8 Å². The van der Waals surface area contributed by atoms with Crippen molar-refractivity contribution < 1.29 is 19.0 Å². The van der Waals surface area contributed by atoms with E-state index < -0.39 is 0 Å². The van der Waals surface area contributed by atoms with Gasteiger partial charge >= 0.3 is 0 Å². The third kappa shape index (κ3) is 11.4. The summed E-state index contributed by atoms with van der Waals surface area (Å²) >= 11 is 0. The molecule has 0 saturated heterocycles. The van der Waals surface area contributed by atoms with Crippen molar-refractivity contribution in [2.45, 2.75) is 105 Å². The first-order chi connectivity index (χ1) is 20.2. The largest absolute Gasteiger partial charge is 0.385 e. The van der Waals surface area contributed by atoms with E-state index in [0.29, 0.717) is 30.9 Å².